The molecule has 0 spiro atoms. The van der Waals surface area contributed by atoms with Crippen molar-refractivity contribution < 1.29 is 4.39 Å². The first-order valence-corrected chi connectivity index (χ1v) is 4.47. The van der Waals surface area contributed by atoms with Gasteiger partial charge in [0.1, 0.15) is 5.82 Å². The summed E-state index contributed by atoms with van der Waals surface area (Å²) in [4.78, 5) is 4.22. The van der Waals surface area contributed by atoms with Crippen molar-refractivity contribution >= 4 is 17.0 Å². The zero-order valence-corrected chi connectivity index (χ0v) is 7.87. The van der Waals surface area contributed by atoms with Gasteiger partial charge >= 0.3 is 0 Å². The van der Waals surface area contributed by atoms with Crippen LogP contribution in [0.4, 0.5) is 4.39 Å². The van der Waals surface area contributed by atoms with Crippen LogP contribution in [-0.2, 0) is 0 Å². The lowest BCUT2D eigenvalue weighted by Crippen LogP contribution is -1.82. The Morgan fingerprint density at radius 3 is 2.93 bits per heavy atom. The summed E-state index contributed by atoms with van der Waals surface area (Å²) in [7, 11) is 0. The van der Waals surface area contributed by atoms with Crippen LogP contribution in [0.15, 0.2) is 36.5 Å². The van der Waals surface area contributed by atoms with Crippen molar-refractivity contribution in [2.75, 3.05) is 0 Å². The summed E-state index contributed by atoms with van der Waals surface area (Å²) in [5.41, 5.74) is 1.81. The van der Waals surface area contributed by atoms with Crippen LogP contribution >= 0.6 is 0 Å². The standard InChI is InChI=1S/C12H10FN/c1-2-3-9-6-10-7-11(13)4-5-12(10)14-8-9/h2-8H,1H3. The third kappa shape index (κ3) is 1.64. The number of aromatic nitrogens is 1. The minimum absolute atomic E-state index is 0.225. The van der Waals surface area contributed by atoms with Gasteiger partial charge in [-0.15, -0.1) is 0 Å². The first kappa shape index (κ1) is 8.88. The van der Waals surface area contributed by atoms with Gasteiger partial charge in [-0.25, -0.2) is 4.39 Å². The van der Waals surface area contributed by atoms with Crippen molar-refractivity contribution in [2.45, 2.75) is 6.92 Å². The van der Waals surface area contributed by atoms with Gasteiger partial charge in [0, 0.05) is 11.6 Å². The van der Waals surface area contributed by atoms with E-state index in [4.69, 9.17) is 0 Å². The minimum atomic E-state index is -0.225. The molecule has 0 unspecified atom stereocenters. The predicted octanol–water partition coefficient (Wildman–Crippen LogP) is 3.41. The summed E-state index contributed by atoms with van der Waals surface area (Å²) >= 11 is 0. The van der Waals surface area contributed by atoms with Crippen LogP contribution in [0.3, 0.4) is 0 Å². The summed E-state index contributed by atoms with van der Waals surface area (Å²) in [5.74, 6) is -0.225. The van der Waals surface area contributed by atoms with E-state index in [-0.39, 0.29) is 5.82 Å². The summed E-state index contributed by atoms with van der Waals surface area (Å²) < 4.78 is 12.9. The quantitative estimate of drug-likeness (QED) is 0.666. The summed E-state index contributed by atoms with van der Waals surface area (Å²) in [6, 6.07) is 6.52. The Labute approximate surface area is 81.9 Å². The van der Waals surface area contributed by atoms with Crippen molar-refractivity contribution in [3.63, 3.8) is 0 Å². The van der Waals surface area contributed by atoms with Gasteiger partial charge in [0.05, 0.1) is 5.52 Å². The number of benzene rings is 1. The number of hydrogen-bond donors (Lipinski definition) is 0. The van der Waals surface area contributed by atoms with Crippen LogP contribution in [0.25, 0.3) is 17.0 Å². The SMILES string of the molecule is CC=Cc1cnc2ccc(F)cc2c1. The second-order valence-electron chi connectivity index (χ2n) is 3.11. The molecule has 1 nitrogen and oxygen atoms in total. The number of nitrogens with zero attached hydrogens (tertiary/aromatic N) is 1. The fourth-order valence-electron chi connectivity index (χ4n) is 1.40. The third-order valence-corrected chi connectivity index (χ3v) is 2.02. The number of allylic oxidation sites excluding steroid dienone is 1. The van der Waals surface area contributed by atoms with Crippen LogP contribution in [-0.4, -0.2) is 4.98 Å². The van der Waals surface area contributed by atoms with Crippen molar-refractivity contribution in [1.82, 2.24) is 4.98 Å². The first-order chi connectivity index (χ1) is 6.79. The van der Waals surface area contributed by atoms with E-state index in [1.807, 2.05) is 25.1 Å². The van der Waals surface area contributed by atoms with E-state index >= 15 is 0 Å². The molecule has 1 heterocycles. The van der Waals surface area contributed by atoms with Crippen molar-refractivity contribution in [2.24, 2.45) is 0 Å². The fraction of sp³-hybridized carbons (Fsp3) is 0.0833. The molecule has 0 bridgehead atoms. The van der Waals surface area contributed by atoms with Gasteiger partial charge in [0.15, 0.2) is 0 Å². The number of pyridine rings is 1. The van der Waals surface area contributed by atoms with E-state index in [2.05, 4.69) is 4.98 Å². The third-order valence-electron chi connectivity index (χ3n) is 2.02. The molecule has 0 aliphatic carbocycles. The largest absolute Gasteiger partial charge is 0.256 e. The van der Waals surface area contributed by atoms with Gasteiger partial charge in [-0.1, -0.05) is 12.2 Å². The highest BCUT2D eigenvalue weighted by Crippen LogP contribution is 2.15. The first-order valence-electron chi connectivity index (χ1n) is 4.47. The average Bonchev–Trinajstić information content (AvgIpc) is 2.17. The minimum Gasteiger partial charge on any atom is -0.256 e. The molecule has 0 aliphatic heterocycles. The molecule has 0 fully saturated rings. The van der Waals surface area contributed by atoms with Gasteiger partial charge in [0.2, 0.25) is 0 Å². The summed E-state index contributed by atoms with van der Waals surface area (Å²) in [6.45, 7) is 1.94. The molecule has 0 amide bonds. The fourth-order valence-corrected chi connectivity index (χ4v) is 1.40. The van der Waals surface area contributed by atoms with Crippen LogP contribution in [0.1, 0.15) is 12.5 Å². The highest BCUT2D eigenvalue weighted by atomic mass is 19.1. The Hall–Kier alpha value is -1.70. The predicted molar refractivity (Wildman–Crippen MR) is 56.4 cm³/mol. The molecule has 2 rings (SSSR count). The van der Waals surface area contributed by atoms with Crippen LogP contribution in [0.5, 0.6) is 0 Å². The van der Waals surface area contributed by atoms with E-state index in [1.54, 1.807) is 12.3 Å². The molecule has 0 N–H and O–H groups in total. The molecule has 0 saturated carbocycles. The zero-order chi connectivity index (χ0) is 9.97. The molecular weight excluding hydrogens is 177 g/mol. The molecule has 2 heteroatoms. The molecule has 14 heavy (non-hydrogen) atoms. The number of rotatable bonds is 1. The Balaban J connectivity index is 2.63. The van der Waals surface area contributed by atoms with E-state index in [1.165, 1.54) is 12.1 Å². The lowest BCUT2D eigenvalue weighted by Gasteiger charge is -1.98. The average molecular weight is 187 g/mol. The second-order valence-corrected chi connectivity index (χ2v) is 3.11. The number of halogens is 1. The van der Waals surface area contributed by atoms with Crippen molar-refractivity contribution in [1.29, 1.82) is 0 Å². The Morgan fingerprint density at radius 2 is 2.14 bits per heavy atom. The monoisotopic (exact) mass is 187 g/mol. The summed E-state index contributed by atoms with van der Waals surface area (Å²) in [5, 5.41) is 0.834. The molecule has 0 aliphatic rings. The number of fused-ring (bicyclic) bond motifs is 1. The van der Waals surface area contributed by atoms with Gasteiger partial charge in [0.25, 0.3) is 0 Å². The zero-order valence-electron chi connectivity index (χ0n) is 7.87. The maximum absolute atomic E-state index is 12.9. The van der Waals surface area contributed by atoms with Gasteiger partial charge in [-0.2, -0.15) is 0 Å². The van der Waals surface area contributed by atoms with Crippen molar-refractivity contribution in [3.8, 4) is 0 Å². The smallest absolute Gasteiger partial charge is 0.123 e. The van der Waals surface area contributed by atoms with Gasteiger partial charge in [-0.3, -0.25) is 4.98 Å². The Kier molecular flexibility index (Phi) is 2.27. The molecular formula is C12H10FN. The van der Waals surface area contributed by atoms with E-state index in [9.17, 15) is 4.39 Å². The number of hydrogen-bond acceptors (Lipinski definition) is 1. The Bertz CT molecular complexity index is 489. The van der Waals surface area contributed by atoms with Gasteiger partial charge < -0.3 is 0 Å². The lowest BCUT2D eigenvalue weighted by atomic mass is 10.1. The molecule has 1 aromatic carbocycles. The molecule has 70 valence electrons. The van der Waals surface area contributed by atoms with E-state index < -0.39 is 0 Å². The van der Waals surface area contributed by atoms with Crippen molar-refractivity contribution in [3.05, 3.63) is 47.9 Å². The maximum atomic E-state index is 12.9. The summed E-state index contributed by atoms with van der Waals surface area (Å²) in [6.07, 6.45) is 5.65. The van der Waals surface area contributed by atoms with Crippen LogP contribution in [0.2, 0.25) is 0 Å². The van der Waals surface area contributed by atoms with Gasteiger partial charge in [-0.05, 0) is 36.8 Å². The highest BCUT2D eigenvalue weighted by molar-refractivity contribution is 5.80. The van der Waals surface area contributed by atoms with Crippen LogP contribution in [0, 0.1) is 5.82 Å². The van der Waals surface area contributed by atoms with E-state index in [0.29, 0.717) is 0 Å². The molecule has 0 saturated heterocycles. The molecule has 2 aromatic rings. The molecule has 1 aromatic heterocycles. The maximum Gasteiger partial charge on any atom is 0.123 e. The highest BCUT2D eigenvalue weighted by Gasteiger charge is 1.97. The van der Waals surface area contributed by atoms with Crippen LogP contribution < -0.4 is 0 Å². The Morgan fingerprint density at radius 1 is 1.29 bits per heavy atom. The second kappa shape index (κ2) is 3.58. The molecule has 0 atom stereocenters. The topological polar surface area (TPSA) is 12.9 Å². The lowest BCUT2D eigenvalue weighted by molar-refractivity contribution is 0.629. The molecule has 0 radical (unpaired) electrons. The van der Waals surface area contributed by atoms with E-state index in [0.717, 1.165) is 16.5 Å². The normalized spacial score (nSPS) is 11.3.